The molecule has 1 unspecified atom stereocenters. The lowest BCUT2D eigenvalue weighted by Gasteiger charge is -2.25. The summed E-state index contributed by atoms with van der Waals surface area (Å²) < 4.78 is 22.0. The van der Waals surface area contributed by atoms with E-state index in [1.807, 2.05) is 25.1 Å². The number of nitriles is 1. The number of hydrogen-bond donors (Lipinski definition) is 1. The molecule has 1 aliphatic heterocycles. The van der Waals surface area contributed by atoms with E-state index in [1.54, 1.807) is 36.4 Å². The molecule has 150 valence electrons. The highest BCUT2D eigenvalue weighted by molar-refractivity contribution is 5.74. The summed E-state index contributed by atoms with van der Waals surface area (Å²) in [5.74, 6) is 0.775. The van der Waals surface area contributed by atoms with Crippen LogP contribution in [0.3, 0.4) is 0 Å². The maximum atomic E-state index is 12.2. The number of aryl methyl sites for hydroxylation is 1. The Morgan fingerprint density at radius 2 is 2.03 bits per heavy atom. The van der Waals surface area contributed by atoms with Gasteiger partial charge in [0.2, 0.25) is 5.88 Å². The number of fused-ring (bicyclic) bond motifs is 1. The smallest absolute Gasteiger partial charge is 0.349 e. The fourth-order valence-corrected chi connectivity index (χ4v) is 3.26. The molecule has 30 heavy (non-hydrogen) atoms. The molecule has 0 amide bonds. The molecule has 0 fully saturated rings. The number of esters is 1. The summed E-state index contributed by atoms with van der Waals surface area (Å²) in [6.45, 7) is 1.66. The lowest BCUT2D eigenvalue weighted by molar-refractivity contribution is -0.136. The van der Waals surface area contributed by atoms with Crippen LogP contribution in [0.1, 0.15) is 22.8 Å². The van der Waals surface area contributed by atoms with Gasteiger partial charge in [0.15, 0.2) is 6.61 Å². The van der Waals surface area contributed by atoms with Gasteiger partial charge in [0.1, 0.15) is 34.7 Å². The molecule has 1 atom stereocenters. The summed E-state index contributed by atoms with van der Waals surface area (Å²) >= 11 is 0. The van der Waals surface area contributed by atoms with Crippen molar-refractivity contribution in [2.24, 2.45) is 5.73 Å². The summed E-state index contributed by atoms with van der Waals surface area (Å²) in [4.78, 5) is 12.2. The molecule has 2 aromatic carbocycles. The molecule has 4 rings (SSSR count). The number of rotatable bonds is 5. The molecular weight excluding hydrogens is 384 g/mol. The average molecular weight is 402 g/mol. The second kappa shape index (κ2) is 8.05. The number of carbonyl (C=O) groups is 1. The summed E-state index contributed by atoms with van der Waals surface area (Å²) in [7, 11) is 0. The van der Waals surface area contributed by atoms with Crippen LogP contribution in [-0.2, 0) is 4.79 Å². The Kier molecular flexibility index (Phi) is 5.14. The molecule has 2 N–H and O–H groups in total. The van der Waals surface area contributed by atoms with E-state index in [0.29, 0.717) is 22.8 Å². The first-order valence-corrected chi connectivity index (χ1v) is 9.21. The number of para-hydroxylation sites is 1. The maximum Gasteiger partial charge on any atom is 0.349 e. The molecular formula is C23H18N2O5. The van der Waals surface area contributed by atoms with Crippen molar-refractivity contribution >= 4 is 5.97 Å². The van der Waals surface area contributed by atoms with E-state index in [9.17, 15) is 10.1 Å². The highest BCUT2D eigenvalue weighted by Crippen LogP contribution is 2.43. The van der Waals surface area contributed by atoms with Gasteiger partial charge in [0, 0.05) is 11.6 Å². The largest absolute Gasteiger partial charge is 0.482 e. The third-order valence-electron chi connectivity index (χ3n) is 4.69. The molecule has 3 aromatic rings. The fraction of sp³-hybridized carbons (Fsp3) is 0.130. The first-order valence-electron chi connectivity index (χ1n) is 9.21. The standard InChI is InChI=1S/C23H18N2O5/c1-14-5-2-3-6-18(14)28-13-21(26)29-15-8-9-16-20(11-15)30-23(25)17(12-24)22(16)19-7-4-10-27-19/h2-11,22H,13,25H2,1H3. The Hall–Kier alpha value is -4.18. The number of nitrogens with two attached hydrogens (primary N) is 1. The number of hydrogen-bond acceptors (Lipinski definition) is 7. The monoisotopic (exact) mass is 402 g/mol. The van der Waals surface area contributed by atoms with Crippen LogP contribution >= 0.6 is 0 Å². The van der Waals surface area contributed by atoms with Gasteiger partial charge in [-0.3, -0.25) is 0 Å². The van der Waals surface area contributed by atoms with Crippen molar-refractivity contribution < 1.29 is 23.4 Å². The molecule has 0 aliphatic carbocycles. The van der Waals surface area contributed by atoms with Gasteiger partial charge in [-0.2, -0.15) is 5.26 Å². The third-order valence-corrected chi connectivity index (χ3v) is 4.69. The lowest BCUT2D eigenvalue weighted by atomic mass is 9.87. The van der Waals surface area contributed by atoms with Crippen molar-refractivity contribution in [1.29, 1.82) is 5.26 Å². The van der Waals surface area contributed by atoms with Crippen LogP contribution < -0.4 is 19.9 Å². The van der Waals surface area contributed by atoms with E-state index >= 15 is 0 Å². The number of carbonyl (C=O) groups excluding carboxylic acids is 1. The SMILES string of the molecule is Cc1ccccc1OCC(=O)Oc1ccc2c(c1)OC(N)=C(C#N)C2c1ccco1. The van der Waals surface area contributed by atoms with Gasteiger partial charge in [-0.05, 0) is 36.8 Å². The molecule has 7 heteroatoms. The Labute approximate surface area is 172 Å². The van der Waals surface area contributed by atoms with Crippen LogP contribution in [0.2, 0.25) is 0 Å². The Balaban J connectivity index is 1.52. The van der Waals surface area contributed by atoms with Gasteiger partial charge in [-0.1, -0.05) is 24.3 Å². The zero-order valence-electron chi connectivity index (χ0n) is 16.1. The lowest BCUT2D eigenvalue weighted by Crippen LogP contribution is -2.21. The summed E-state index contributed by atoms with van der Waals surface area (Å²) in [5, 5.41) is 9.51. The first-order chi connectivity index (χ1) is 14.6. The summed E-state index contributed by atoms with van der Waals surface area (Å²) in [6.07, 6.45) is 1.53. The second-order valence-corrected chi connectivity index (χ2v) is 6.67. The van der Waals surface area contributed by atoms with Crippen LogP contribution in [0, 0.1) is 18.3 Å². The fourth-order valence-electron chi connectivity index (χ4n) is 3.26. The van der Waals surface area contributed by atoms with Crippen molar-refractivity contribution in [3.05, 3.63) is 89.2 Å². The number of nitrogens with zero attached hydrogens (tertiary/aromatic N) is 1. The predicted octanol–water partition coefficient (Wildman–Crippen LogP) is 3.79. The number of allylic oxidation sites excluding steroid dienone is 1. The van der Waals surface area contributed by atoms with Crippen LogP contribution in [-0.4, -0.2) is 12.6 Å². The average Bonchev–Trinajstić information content (AvgIpc) is 3.26. The van der Waals surface area contributed by atoms with Crippen LogP contribution in [0.25, 0.3) is 0 Å². The highest BCUT2D eigenvalue weighted by Gasteiger charge is 2.32. The quantitative estimate of drug-likeness (QED) is 0.511. The van der Waals surface area contributed by atoms with E-state index < -0.39 is 11.9 Å². The van der Waals surface area contributed by atoms with E-state index in [0.717, 1.165) is 5.56 Å². The summed E-state index contributed by atoms with van der Waals surface area (Å²) in [5.41, 5.74) is 7.81. The van der Waals surface area contributed by atoms with Crippen molar-refractivity contribution in [2.75, 3.05) is 6.61 Å². The Bertz CT molecular complexity index is 1160. The molecule has 7 nitrogen and oxygen atoms in total. The van der Waals surface area contributed by atoms with Crippen molar-refractivity contribution in [3.63, 3.8) is 0 Å². The predicted molar refractivity (Wildman–Crippen MR) is 107 cm³/mol. The van der Waals surface area contributed by atoms with Crippen molar-refractivity contribution in [1.82, 2.24) is 0 Å². The molecule has 0 spiro atoms. The van der Waals surface area contributed by atoms with Crippen LogP contribution in [0.5, 0.6) is 17.2 Å². The maximum absolute atomic E-state index is 12.2. The van der Waals surface area contributed by atoms with Gasteiger partial charge in [0.05, 0.1) is 12.2 Å². The molecule has 0 saturated carbocycles. The second-order valence-electron chi connectivity index (χ2n) is 6.67. The number of benzene rings is 2. The topological polar surface area (TPSA) is 108 Å². The van der Waals surface area contributed by atoms with Crippen molar-refractivity contribution in [3.8, 4) is 23.3 Å². The third kappa shape index (κ3) is 3.71. The Morgan fingerprint density at radius 1 is 1.20 bits per heavy atom. The van der Waals surface area contributed by atoms with Crippen LogP contribution in [0.15, 0.2) is 76.7 Å². The van der Waals surface area contributed by atoms with E-state index in [4.69, 9.17) is 24.4 Å². The zero-order chi connectivity index (χ0) is 21.1. The molecule has 1 aliphatic rings. The first kappa shape index (κ1) is 19.2. The minimum Gasteiger partial charge on any atom is -0.482 e. The van der Waals surface area contributed by atoms with E-state index in [-0.39, 0.29) is 23.8 Å². The minimum absolute atomic E-state index is 0.0160. The Morgan fingerprint density at radius 3 is 2.77 bits per heavy atom. The molecule has 0 radical (unpaired) electrons. The van der Waals surface area contributed by atoms with Gasteiger partial charge >= 0.3 is 5.97 Å². The number of furan rings is 1. The van der Waals surface area contributed by atoms with Gasteiger partial charge < -0.3 is 24.4 Å². The molecule has 0 bridgehead atoms. The normalized spacial score (nSPS) is 15.0. The number of ether oxygens (including phenoxy) is 3. The van der Waals surface area contributed by atoms with Crippen LogP contribution in [0.4, 0.5) is 0 Å². The van der Waals surface area contributed by atoms with Gasteiger partial charge in [-0.15, -0.1) is 0 Å². The van der Waals surface area contributed by atoms with Gasteiger partial charge in [0.25, 0.3) is 0 Å². The molecule has 1 aromatic heterocycles. The zero-order valence-corrected chi connectivity index (χ0v) is 16.1. The van der Waals surface area contributed by atoms with Crippen molar-refractivity contribution in [2.45, 2.75) is 12.8 Å². The molecule has 2 heterocycles. The summed E-state index contributed by atoms with van der Waals surface area (Å²) in [6, 6.07) is 17.9. The van der Waals surface area contributed by atoms with E-state index in [2.05, 4.69) is 6.07 Å². The highest BCUT2D eigenvalue weighted by atomic mass is 16.6. The minimum atomic E-state index is -0.558. The van der Waals surface area contributed by atoms with Gasteiger partial charge in [-0.25, -0.2) is 4.79 Å². The van der Waals surface area contributed by atoms with E-state index in [1.165, 1.54) is 6.26 Å². The molecule has 0 saturated heterocycles.